The molecule has 0 saturated carbocycles. The van der Waals surface area contributed by atoms with E-state index in [0.29, 0.717) is 25.7 Å². The Morgan fingerprint density at radius 3 is 2.61 bits per heavy atom. The first kappa shape index (κ1) is 23.8. The van der Waals surface area contributed by atoms with Gasteiger partial charge in [-0.3, -0.25) is 4.79 Å². The van der Waals surface area contributed by atoms with Gasteiger partial charge < -0.3 is 15.0 Å². The van der Waals surface area contributed by atoms with Gasteiger partial charge in [0.1, 0.15) is 6.29 Å². The van der Waals surface area contributed by atoms with E-state index in [0.717, 1.165) is 42.4 Å². The second kappa shape index (κ2) is 11.6. The first-order valence-electron chi connectivity index (χ1n) is 10.1. The Morgan fingerprint density at radius 1 is 1.36 bits per heavy atom. The highest BCUT2D eigenvalue weighted by atomic mass is 16.2. The molecule has 28 heavy (non-hydrogen) atoms. The number of nitrogens with one attached hydrogen (secondary N) is 1. The van der Waals surface area contributed by atoms with Crippen molar-refractivity contribution in [3.05, 3.63) is 29.3 Å². The molecule has 1 aromatic carbocycles. The van der Waals surface area contributed by atoms with E-state index in [1.807, 2.05) is 44.1 Å². The molecule has 0 aliphatic rings. The molecule has 2 atom stereocenters. The fourth-order valence-electron chi connectivity index (χ4n) is 3.22. The fourth-order valence-corrected chi connectivity index (χ4v) is 3.22. The molecule has 1 aromatic rings. The third-order valence-corrected chi connectivity index (χ3v) is 5.25. The largest absolute Gasteiger partial charge is 0.377 e. The SMILES string of the molecule is [B]C(CC)(CCCCC)C(=O)NC(C=O)CCc1ccc(C#C)cc1N(C)C. The number of hydrogen-bond acceptors (Lipinski definition) is 3. The zero-order valence-corrected chi connectivity index (χ0v) is 17.8. The molecule has 0 saturated heterocycles. The van der Waals surface area contributed by atoms with E-state index in [4.69, 9.17) is 14.3 Å². The lowest BCUT2D eigenvalue weighted by Crippen LogP contribution is -2.43. The molecule has 4 nitrogen and oxygen atoms in total. The summed E-state index contributed by atoms with van der Waals surface area (Å²) in [4.78, 5) is 26.3. The fraction of sp³-hybridized carbons (Fsp3) is 0.565. The number of aryl methyl sites for hydroxylation is 1. The zero-order valence-electron chi connectivity index (χ0n) is 17.8. The van der Waals surface area contributed by atoms with E-state index in [-0.39, 0.29) is 5.91 Å². The Balaban J connectivity index is 2.79. The van der Waals surface area contributed by atoms with Gasteiger partial charge in [-0.15, -0.1) is 6.42 Å². The first-order valence-corrected chi connectivity index (χ1v) is 10.1. The molecule has 0 bridgehead atoms. The van der Waals surface area contributed by atoms with Crippen LogP contribution in [0.3, 0.4) is 0 Å². The minimum absolute atomic E-state index is 0.237. The highest BCUT2D eigenvalue weighted by Crippen LogP contribution is 2.33. The summed E-state index contributed by atoms with van der Waals surface area (Å²) in [6, 6.07) is 5.28. The number of unbranched alkanes of at least 4 members (excludes halogenated alkanes) is 2. The lowest BCUT2D eigenvalue weighted by molar-refractivity contribution is -0.127. The van der Waals surface area contributed by atoms with Gasteiger partial charge in [-0.05, 0) is 43.4 Å². The molecule has 1 rings (SSSR count). The average Bonchev–Trinajstić information content (AvgIpc) is 2.70. The lowest BCUT2D eigenvalue weighted by atomic mass is 9.63. The van der Waals surface area contributed by atoms with Crippen LogP contribution in [0.4, 0.5) is 5.69 Å². The predicted molar refractivity (Wildman–Crippen MR) is 118 cm³/mol. The lowest BCUT2D eigenvalue weighted by Gasteiger charge is -2.29. The van der Waals surface area contributed by atoms with Crippen LogP contribution in [0.5, 0.6) is 0 Å². The average molecular weight is 380 g/mol. The Labute approximate surface area is 171 Å². The summed E-state index contributed by atoms with van der Waals surface area (Å²) in [5, 5.41) is 1.93. The van der Waals surface area contributed by atoms with Gasteiger partial charge in [0, 0.05) is 30.7 Å². The van der Waals surface area contributed by atoms with Gasteiger partial charge in [-0.25, -0.2) is 0 Å². The zero-order chi connectivity index (χ0) is 21.2. The van der Waals surface area contributed by atoms with Crippen molar-refractivity contribution in [3.8, 4) is 12.3 Å². The minimum Gasteiger partial charge on any atom is -0.377 e. The summed E-state index contributed by atoms with van der Waals surface area (Å²) in [5.41, 5.74) is 2.92. The van der Waals surface area contributed by atoms with Crippen LogP contribution >= 0.6 is 0 Å². The number of rotatable bonds is 12. The molecule has 5 heteroatoms. The third-order valence-electron chi connectivity index (χ3n) is 5.25. The predicted octanol–water partition coefficient (Wildman–Crippen LogP) is 3.67. The third kappa shape index (κ3) is 6.75. The van der Waals surface area contributed by atoms with Gasteiger partial charge in [0.25, 0.3) is 0 Å². The maximum absolute atomic E-state index is 12.7. The molecule has 1 N–H and O–H groups in total. The standard InChI is InChI=1S/C23H33BN2O2/c1-6-9-10-15-23(24,8-3)22(28)25-20(17-27)14-13-19-12-11-18(7-2)16-21(19)26(4)5/h2,11-12,16-17,20H,6,8-10,13-15H2,1,3-5H3,(H,25,28). The van der Waals surface area contributed by atoms with Crippen molar-refractivity contribution in [2.75, 3.05) is 19.0 Å². The van der Waals surface area contributed by atoms with Crippen LogP contribution in [-0.2, 0) is 16.0 Å². The summed E-state index contributed by atoms with van der Waals surface area (Å²) in [5.74, 6) is 2.40. The Kier molecular flexibility index (Phi) is 9.86. The van der Waals surface area contributed by atoms with Crippen LogP contribution in [0.25, 0.3) is 0 Å². The number of nitrogens with zero attached hydrogens (tertiary/aromatic N) is 1. The van der Waals surface area contributed by atoms with Crippen molar-refractivity contribution in [2.24, 2.45) is 0 Å². The Morgan fingerprint density at radius 2 is 2.07 bits per heavy atom. The molecule has 0 aromatic heterocycles. The van der Waals surface area contributed by atoms with Crippen LogP contribution in [0.1, 0.15) is 63.5 Å². The van der Waals surface area contributed by atoms with Gasteiger partial charge in [0.15, 0.2) is 0 Å². The van der Waals surface area contributed by atoms with Crippen molar-refractivity contribution in [1.29, 1.82) is 0 Å². The van der Waals surface area contributed by atoms with Gasteiger partial charge >= 0.3 is 0 Å². The summed E-state index contributed by atoms with van der Waals surface area (Å²) >= 11 is 0. The van der Waals surface area contributed by atoms with Crippen LogP contribution in [0.2, 0.25) is 5.31 Å². The van der Waals surface area contributed by atoms with Crippen molar-refractivity contribution >= 4 is 25.7 Å². The van der Waals surface area contributed by atoms with Crippen molar-refractivity contribution in [2.45, 2.75) is 70.1 Å². The van der Waals surface area contributed by atoms with E-state index in [9.17, 15) is 9.59 Å². The number of aldehydes is 1. The highest BCUT2D eigenvalue weighted by molar-refractivity contribution is 6.28. The number of carbonyl (C=O) groups excluding carboxylic acids is 2. The quantitative estimate of drug-likeness (QED) is 0.261. The molecule has 1 amide bonds. The van der Waals surface area contributed by atoms with E-state index in [1.165, 1.54) is 0 Å². The summed E-state index contributed by atoms with van der Waals surface area (Å²) in [7, 11) is 10.2. The van der Waals surface area contributed by atoms with Crippen LogP contribution in [0.15, 0.2) is 18.2 Å². The summed E-state index contributed by atoms with van der Waals surface area (Å²) in [6.45, 7) is 4.03. The second-order valence-electron chi connectivity index (χ2n) is 7.60. The van der Waals surface area contributed by atoms with Crippen molar-refractivity contribution in [3.63, 3.8) is 0 Å². The number of amides is 1. The maximum atomic E-state index is 12.7. The minimum atomic E-state index is -0.917. The molecule has 2 unspecified atom stereocenters. The normalized spacial score (nSPS) is 13.8. The van der Waals surface area contributed by atoms with E-state index >= 15 is 0 Å². The molecule has 0 heterocycles. The number of terminal acetylenes is 1. The van der Waals surface area contributed by atoms with Crippen molar-refractivity contribution in [1.82, 2.24) is 5.32 Å². The Bertz CT molecular complexity index is 696. The second-order valence-corrected chi connectivity index (χ2v) is 7.60. The molecule has 150 valence electrons. The summed E-state index contributed by atoms with van der Waals surface area (Å²) in [6.07, 6.45) is 11.7. The van der Waals surface area contributed by atoms with Gasteiger partial charge in [-0.1, -0.05) is 45.1 Å². The summed E-state index contributed by atoms with van der Waals surface area (Å²) < 4.78 is 0. The van der Waals surface area contributed by atoms with Crippen molar-refractivity contribution < 1.29 is 9.59 Å². The highest BCUT2D eigenvalue weighted by Gasteiger charge is 2.31. The number of hydrogen-bond donors (Lipinski definition) is 1. The monoisotopic (exact) mass is 380 g/mol. The van der Waals surface area contributed by atoms with Crippen LogP contribution < -0.4 is 10.2 Å². The number of anilines is 1. The molecule has 0 spiro atoms. The van der Waals surface area contributed by atoms with E-state index < -0.39 is 11.4 Å². The smallest absolute Gasteiger partial charge is 0.217 e. The molecule has 0 fully saturated rings. The van der Waals surface area contributed by atoms with Gasteiger partial charge in [0.05, 0.1) is 13.9 Å². The molecule has 0 aliphatic heterocycles. The van der Waals surface area contributed by atoms with Crippen LogP contribution in [0, 0.1) is 12.3 Å². The molecular weight excluding hydrogens is 347 g/mol. The number of carbonyl (C=O) groups is 2. The molecule has 2 radical (unpaired) electrons. The van der Waals surface area contributed by atoms with E-state index in [2.05, 4.69) is 18.2 Å². The van der Waals surface area contributed by atoms with Gasteiger partial charge in [-0.2, -0.15) is 0 Å². The Hall–Kier alpha value is -2.22. The molecular formula is C23H33BN2O2. The van der Waals surface area contributed by atoms with E-state index in [1.54, 1.807) is 0 Å². The number of benzene rings is 1. The van der Waals surface area contributed by atoms with Gasteiger partial charge in [0.2, 0.25) is 5.91 Å². The first-order chi connectivity index (χ1) is 13.3. The maximum Gasteiger partial charge on any atom is 0.217 e. The molecule has 0 aliphatic carbocycles. The topological polar surface area (TPSA) is 49.4 Å². The van der Waals surface area contributed by atoms with Crippen LogP contribution in [-0.4, -0.2) is 40.2 Å².